The number of benzene rings is 1. The van der Waals surface area contributed by atoms with Crippen LogP contribution in [-0.4, -0.2) is 28.5 Å². The van der Waals surface area contributed by atoms with Crippen LogP contribution in [0.15, 0.2) is 59.3 Å². The largest absolute Gasteiger partial charge is 0.313 e. The number of carbonyl (C=O) groups is 1. The number of hydrogen-bond acceptors (Lipinski definition) is 3. The summed E-state index contributed by atoms with van der Waals surface area (Å²) in [4.78, 5) is 17.5. The molecule has 5 heteroatoms. The van der Waals surface area contributed by atoms with Gasteiger partial charge >= 0.3 is 0 Å². The molecule has 0 amide bonds. The highest BCUT2D eigenvalue weighted by atomic mass is 79.9. The zero-order valence-corrected chi connectivity index (χ0v) is 14.6. The predicted octanol–water partition coefficient (Wildman–Crippen LogP) is 3.86. The predicted molar refractivity (Wildman–Crippen MR) is 99.1 cm³/mol. The van der Waals surface area contributed by atoms with Gasteiger partial charge in [0.1, 0.15) is 0 Å². The van der Waals surface area contributed by atoms with Crippen molar-refractivity contribution in [3.8, 4) is 0 Å². The first kappa shape index (κ1) is 15.3. The Hall–Kier alpha value is -2.24. The Labute approximate surface area is 148 Å². The van der Waals surface area contributed by atoms with Crippen molar-refractivity contribution in [2.45, 2.75) is 6.42 Å². The molecule has 1 N–H and O–H groups in total. The van der Waals surface area contributed by atoms with Gasteiger partial charge in [0, 0.05) is 34.5 Å². The van der Waals surface area contributed by atoms with Gasteiger partial charge in [0.2, 0.25) is 0 Å². The van der Waals surface area contributed by atoms with E-state index in [-0.39, 0.29) is 5.91 Å². The Morgan fingerprint density at radius 3 is 2.79 bits per heavy atom. The van der Waals surface area contributed by atoms with Crippen LogP contribution in [-0.2, 0) is 0 Å². The second kappa shape index (κ2) is 6.34. The monoisotopic (exact) mass is 381 g/mol. The van der Waals surface area contributed by atoms with E-state index in [2.05, 4.69) is 32.3 Å². The van der Waals surface area contributed by atoms with E-state index in [1.807, 2.05) is 42.6 Å². The van der Waals surface area contributed by atoms with Crippen LogP contribution in [0.25, 0.3) is 16.6 Å². The number of aromatic nitrogens is 2. The topological polar surface area (TPSA) is 46.9 Å². The summed E-state index contributed by atoms with van der Waals surface area (Å²) in [5.41, 5.74) is 4.69. The van der Waals surface area contributed by atoms with Gasteiger partial charge in [-0.2, -0.15) is 0 Å². The van der Waals surface area contributed by atoms with E-state index in [1.54, 1.807) is 10.8 Å². The second-order valence-corrected chi connectivity index (χ2v) is 6.70. The van der Waals surface area contributed by atoms with Crippen LogP contribution >= 0.6 is 15.9 Å². The maximum Gasteiger partial charge on any atom is 0.262 e. The average Bonchev–Trinajstić information content (AvgIpc) is 3.02. The fourth-order valence-electron chi connectivity index (χ4n) is 3.06. The van der Waals surface area contributed by atoms with E-state index in [0.29, 0.717) is 5.56 Å². The van der Waals surface area contributed by atoms with Gasteiger partial charge in [-0.1, -0.05) is 22.0 Å². The summed E-state index contributed by atoms with van der Waals surface area (Å²) in [7, 11) is 0. The van der Waals surface area contributed by atoms with Crippen LogP contribution in [0.5, 0.6) is 0 Å². The molecule has 0 saturated heterocycles. The van der Waals surface area contributed by atoms with E-state index >= 15 is 0 Å². The minimum absolute atomic E-state index is 0.0405. The zero-order chi connectivity index (χ0) is 16.5. The normalized spacial score (nSPS) is 14.6. The number of carbonyl (C=O) groups excluding carboxylic acids is 1. The number of hydrogen-bond donors (Lipinski definition) is 1. The summed E-state index contributed by atoms with van der Waals surface area (Å²) >= 11 is 3.41. The van der Waals surface area contributed by atoms with Gasteiger partial charge in [-0.3, -0.25) is 14.3 Å². The van der Waals surface area contributed by atoms with Gasteiger partial charge in [-0.25, -0.2) is 0 Å². The van der Waals surface area contributed by atoms with Gasteiger partial charge in [0.05, 0.1) is 11.0 Å². The van der Waals surface area contributed by atoms with Gasteiger partial charge < -0.3 is 5.32 Å². The quantitative estimate of drug-likeness (QED) is 0.732. The van der Waals surface area contributed by atoms with Gasteiger partial charge in [-0.05, 0) is 54.9 Å². The number of rotatable bonds is 2. The third kappa shape index (κ3) is 2.70. The number of nitrogens with one attached hydrogen (secondary N) is 1. The lowest BCUT2D eigenvalue weighted by Gasteiger charge is -2.12. The van der Waals surface area contributed by atoms with Crippen molar-refractivity contribution in [3.63, 3.8) is 0 Å². The molecule has 120 valence electrons. The van der Waals surface area contributed by atoms with Crippen molar-refractivity contribution in [3.05, 3.63) is 70.5 Å². The Morgan fingerprint density at radius 1 is 1.21 bits per heavy atom. The van der Waals surface area contributed by atoms with E-state index in [0.717, 1.165) is 40.6 Å². The maximum absolute atomic E-state index is 13.0. The summed E-state index contributed by atoms with van der Waals surface area (Å²) in [5, 5.41) is 3.32. The lowest BCUT2D eigenvalue weighted by atomic mass is 10.0. The first-order valence-electron chi connectivity index (χ1n) is 7.90. The molecule has 1 aliphatic rings. The second-order valence-electron chi connectivity index (χ2n) is 5.78. The van der Waals surface area contributed by atoms with Crippen LogP contribution < -0.4 is 5.32 Å². The smallest absolute Gasteiger partial charge is 0.262 e. The number of fused-ring (bicyclic) bond motifs is 1. The average molecular weight is 382 g/mol. The molecule has 0 atom stereocenters. The van der Waals surface area contributed by atoms with Crippen molar-refractivity contribution >= 4 is 38.4 Å². The number of nitrogens with zero attached hydrogens (tertiary/aromatic N) is 2. The van der Waals surface area contributed by atoms with Crippen molar-refractivity contribution < 1.29 is 4.79 Å². The molecule has 2 aromatic heterocycles. The summed E-state index contributed by atoms with van der Waals surface area (Å²) in [6.07, 6.45) is 6.84. The Bertz CT molecular complexity index is 941. The molecular weight excluding hydrogens is 366 g/mol. The van der Waals surface area contributed by atoms with Crippen molar-refractivity contribution in [2.75, 3.05) is 13.1 Å². The molecule has 0 bridgehead atoms. The van der Waals surface area contributed by atoms with E-state index in [4.69, 9.17) is 0 Å². The Kier molecular flexibility index (Phi) is 4.04. The lowest BCUT2D eigenvalue weighted by Crippen LogP contribution is -2.20. The van der Waals surface area contributed by atoms with Crippen molar-refractivity contribution in [1.29, 1.82) is 0 Å². The van der Waals surface area contributed by atoms with Crippen LogP contribution in [0.2, 0.25) is 0 Å². The molecule has 1 aromatic carbocycles. The molecule has 3 aromatic rings. The minimum atomic E-state index is -0.0405. The fourth-order valence-corrected chi connectivity index (χ4v) is 3.32. The summed E-state index contributed by atoms with van der Waals surface area (Å²) in [6.45, 7) is 1.81. The van der Waals surface area contributed by atoms with Crippen LogP contribution in [0.4, 0.5) is 0 Å². The van der Waals surface area contributed by atoms with E-state index < -0.39 is 0 Å². The number of pyridine rings is 1. The van der Waals surface area contributed by atoms with Crippen LogP contribution in [0.3, 0.4) is 0 Å². The number of halogens is 1. The van der Waals surface area contributed by atoms with E-state index in [1.165, 1.54) is 5.57 Å². The summed E-state index contributed by atoms with van der Waals surface area (Å²) in [5.74, 6) is -0.0405. The fraction of sp³-hybridized carbons (Fsp3) is 0.158. The standard InChI is InChI=1S/C19H16BrN3O/c20-15-5-3-14(4-6-15)19(24)23-12-16(13-7-10-21-11-8-13)18-17(23)2-1-9-22-18/h1-7,9,12,21H,8,10-11H2. The Morgan fingerprint density at radius 2 is 2.04 bits per heavy atom. The molecule has 0 saturated carbocycles. The van der Waals surface area contributed by atoms with E-state index in [9.17, 15) is 4.79 Å². The van der Waals surface area contributed by atoms with Gasteiger partial charge in [-0.15, -0.1) is 0 Å². The zero-order valence-electron chi connectivity index (χ0n) is 13.0. The summed E-state index contributed by atoms with van der Waals surface area (Å²) in [6, 6.07) is 11.2. The molecule has 0 aliphatic carbocycles. The highest BCUT2D eigenvalue weighted by Gasteiger charge is 2.18. The third-order valence-electron chi connectivity index (χ3n) is 4.28. The molecule has 0 fully saturated rings. The minimum Gasteiger partial charge on any atom is -0.313 e. The van der Waals surface area contributed by atoms with Crippen molar-refractivity contribution in [1.82, 2.24) is 14.9 Å². The molecule has 0 radical (unpaired) electrons. The molecule has 1 aliphatic heterocycles. The van der Waals surface area contributed by atoms with Gasteiger partial charge in [0.15, 0.2) is 0 Å². The summed E-state index contributed by atoms with van der Waals surface area (Å²) < 4.78 is 2.67. The molecular formula is C19H16BrN3O. The first-order chi connectivity index (χ1) is 11.7. The third-order valence-corrected chi connectivity index (χ3v) is 4.81. The molecule has 0 spiro atoms. The molecule has 4 nitrogen and oxygen atoms in total. The highest BCUT2D eigenvalue weighted by molar-refractivity contribution is 9.10. The van der Waals surface area contributed by atoms with Crippen LogP contribution in [0, 0.1) is 0 Å². The van der Waals surface area contributed by atoms with Gasteiger partial charge in [0.25, 0.3) is 5.91 Å². The molecule has 3 heterocycles. The maximum atomic E-state index is 13.0. The highest BCUT2D eigenvalue weighted by Crippen LogP contribution is 2.29. The molecule has 4 rings (SSSR count). The Balaban J connectivity index is 1.85. The SMILES string of the molecule is O=C(c1ccc(Br)cc1)n1cc(C2=CCNCC2)c2ncccc21. The van der Waals surface area contributed by atoms with Crippen molar-refractivity contribution in [2.24, 2.45) is 0 Å². The lowest BCUT2D eigenvalue weighted by molar-refractivity contribution is 0.0965. The first-order valence-corrected chi connectivity index (χ1v) is 8.70. The molecule has 0 unspecified atom stereocenters. The molecule has 24 heavy (non-hydrogen) atoms. The van der Waals surface area contributed by atoms with Crippen LogP contribution in [0.1, 0.15) is 22.3 Å².